The van der Waals surface area contributed by atoms with Crippen molar-refractivity contribution in [2.24, 2.45) is 0 Å². The molecule has 0 amide bonds. The predicted octanol–water partition coefficient (Wildman–Crippen LogP) is 1.92. The molecule has 2 rings (SSSR count). The molecule has 1 aliphatic heterocycles. The maximum Gasteiger partial charge on any atom is 0.243 e. The molecule has 1 aromatic rings. The van der Waals surface area contributed by atoms with Crippen molar-refractivity contribution in [3.05, 3.63) is 35.4 Å². The smallest absolute Gasteiger partial charge is 0.243 e. The summed E-state index contributed by atoms with van der Waals surface area (Å²) >= 11 is 0. The summed E-state index contributed by atoms with van der Waals surface area (Å²) in [6.07, 6.45) is 2.75. The zero-order valence-corrected chi connectivity index (χ0v) is 11.5. The molecule has 0 unspecified atom stereocenters. The number of hydrogen-bond acceptors (Lipinski definition) is 3. The minimum atomic E-state index is -3.42. The molecule has 4 nitrogen and oxygen atoms in total. The highest BCUT2D eigenvalue weighted by atomic mass is 32.2. The quantitative estimate of drug-likeness (QED) is 0.657. The van der Waals surface area contributed by atoms with Gasteiger partial charge in [-0.15, -0.1) is 0 Å². The Morgan fingerprint density at radius 3 is 2.50 bits per heavy atom. The van der Waals surface area contributed by atoms with Gasteiger partial charge < -0.3 is 5.73 Å². The van der Waals surface area contributed by atoms with E-state index in [1.165, 1.54) is 15.9 Å². The molecule has 1 aliphatic rings. The Kier molecular flexibility index (Phi) is 3.45. The van der Waals surface area contributed by atoms with Crippen LogP contribution in [0.25, 0.3) is 0 Å². The highest BCUT2D eigenvalue weighted by Gasteiger charge is 2.25. The lowest BCUT2D eigenvalue weighted by Crippen LogP contribution is -2.34. The van der Waals surface area contributed by atoms with E-state index in [1.807, 2.05) is 19.9 Å². The lowest BCUT2D eigenvalue weighted by atomic mass is 10.1. The molecule has 0 saturated carbocycles. The van der Waals surface area contributed by atoms with Gasteiger partial charge >= 0.3 is 0 Å². The highest BCUT2D eigenvalue weighted by molar-refractivity contribution is 7.89. The van der Waals surface area contributed by atoms with Crippen LogP contribution < -0.4 is 5.73 Å². The first-order chi connectivity index (χ1) is 8.39. The second-order valence-electron chi connectivity index (χ2n) is 4.74. The highest BCUT2D eigenvalue weighted by Crippen LogP contribution is 2.23. The van der Waals surface area contributed by atoms with Gasteiger partial charge in [0.25, 0.3) is 0 Å². The van der Waals surface area contributed by atoms with Crippen LogP contribution in [0.3, 0.4) is 0 Å². The number of nitrogens with zero attached hydrogens (tertiary/aromatic N) is 1. The van der Waals surface area contributed by atoms with Crippen molar-refractivity contribution in [3.63, 3.8) is 0 Å². The van der Waals surface area contributed by atoms with Gasteiger partial charge in [0.05, 0.1) is 4.90 Å². The van der Waals surface area contributed by atoms with E-state index in [-0.39, 0.29) is 4.90 Å². The molecule has 0 spiro atoms. The Balaban J connectivity index is 2.36. The molecular formula is C13H18N2O2S. The topological polar surface area (TPSA) is 63.4 Å². The van der Waals surface area contributed by atoms with Gasteiger partial charge in [-0.25, -0.2) is 8.42 Å². The number of hydrogen-bond donors (Lipinski definition) is 1. The Morgan fingerprint density at radius 1 is 1.22 bits per heavy atom. The number of sulfonamides is 1. The van der Waals surface area contributed by atoms with Crippen molar-refractivity contribution in [2.45, 2.75) is 25.2 Å². The molecule has 0 radical (unpaired) electrons. The molecule has 0 fully saturated rings. The van der Waals surface area contributed by atoms with Crippen LogP contribution in [0.15, 0.2) is 34.7 Å². The zero-order valence-electron chi connectivity index (χ0n) is 10.7. The predicted molar refractivity (Wildman–Crippen MR) is 72.7 cm³/mol. The van der Waals surface area contributed by atoms with Gasteiger partial charge in [0.1, 0.15) is 0 Å². The van der Waals surface area contributed by atoms with Gasteiger partial charge in [-0.05, 0) is 44.0 Å². The molecule has 5 heteroatoms. The van der Waals surface area contributed by atoms with Crippen molar-refractivity contribution >= 4 is 15.7 Å². The van der Waals surface area contributed by atoms with Crippen molar-refractivity contribution in [1.82, 2.24) is 4.31 Å². The molecule has 0 aromatic heterocycles. The van der Waals surface area contributed by atoms with E-state index in [4.69, 9.17) is 5.73 Å². The van der Waals surface area contributed by atoms with Crippen LogP contribution in [0.4, 0.5) is 5.69 Å². The van der Waals surface area contributed by atoms with Crippen molar-refractivity contribution in [2.75, 3.05) is 18.8 Å². The maximum atomic E-state index is 12.4. The minimum absolute atomic E-state index is 0.285. The van der Waals surface area contributed by atoms with E-state index in [0.29, 0.717) is 18.8 Å². The van der Waals surface area contributed by atoms with Crippen molar-refractivity contribution in [3.8, 4) is 0 Å². The first-order valence-electron chi connectivity index (χ1n) is 5.92. The van der Waals surface area contributed by atoms with E-state index >= 15 is 0 Å². The van der Waals surface area contributed by atoms with Crippen LogP contribution in [0, 0.1) is 6.92 Å². The van der Waals surface area contributed by atoms with Gasteiger partial charge in [0.2, 0.25) is 10.0 Å². The summed E-state index contributed by atoms with van der Waals surface area (Å²) in [6, 6.07) is 4.95. The molecular weight excluding hydrogens is 248 g/mol. The summed E-state index contributed by atoms with van der Waals surface area (Å²) in [7, 11) is -3.42. The van der Waals surface area contributed by atoms with Crippen LogP contribution in [-0.4, -0.2) is 25.8 Å². The van der Waals surface area contributed by atoms with Crippen molar-refractivity contribution < 1.29 is 8.42 Å². The number of anilines is 1. The van der Waals surface area contributed by atoms with Gasteiger partial charge in [0.15, 0.2) is 0 Å². The third-order valence-corrected chi connectivity index (χ3v) is 4.95. The normalized spacial score (nSPS) is 17.6. The number of rotatable bonds is 2. The fourth-order valence-electron chi connectivity index (χ4n) is 2.04. The second kappa shape index (κ2) is 4.74. The first-order valence-corrected chi connectivity index (χ1v) is 7.36. The van der Waals surface area contributed by atoms with Gasteiger partial charge in [0, 0.05) is 18.8 Å². The molecule has 0 atom stereocenters. The minimum Gasteiger partial charge on any atom is -0.399 e. The summed E-state index contributed by atoms with van der Waals surface area (Å²) in [5.41, 5.74) is 8.30. The molecule has 0 aliphatic carbocycles. The van der Waals surface area contributed by atoms with Gasteiger partial charge in [-0.1, -0.05) is 11.6 Å². The summed E-state index contributed by atoms with van der Waals surface area (Å²) < 4.78 is 26.4. The number of nitrogen functional groups attached to an aromatic ring is 1. The van der Waals surface area contributed by atoms with E-state index < -0.39 is 10.0 Å². The van der Waals surface area contributed by atoms with Crippen LogP contribution >= 0.6 is 0 Å². The monoisotopic (exact) mass is 266 g/mol. The number of benzene rings is 1. The molecule has 1 heterocycles. The number of aryl methyl sites for hydroxylation is 1. The Labute approximate surface area is 108 Å². The average Bonchev–Trinajstić information content (AvgIpc) is 2.28. The largest absolute Gasteiger partial charge is 0.399 e. The van der Waals surface area contributed by atoms with Crippen LogP contribution in [-0.2, 0) is 10.0 Å². The Hall–Kier alpha value is -1.33. The SMILES string of the molecule is CC1=CCN(S(=O)(=O)c2cc(C)cc(N)c2)CC1. The van der Waals surface area contributed by atoms with E-state index in [9.17, 15) is 8.42 Å². The fourth-order valence-corrected chi connectivity index (χ4v) is 3.57. The van der Waals surface area contributed by atoms with E-state index in [2.05, 4.69) is 0 Å². The number of nitrogens with two attached hydrogens (primary N) is 1. The lowest BCUT2D eigenvalue weighted by Gasteiger charge is -2.25. The summed E-state index contributed by atoms with van der Waals surface area (Å²) in [6.45, 7) is 4.85. The molecule has 18 heavy (non-hydrogen) atoms. The van der Waals surface area contributed by atoms with Crippen LogP contribution in [0.1, 0.15) is 18.9 Å². The van der Waals surface area contributed by atoms with E-state index in [1.54, 1.807) is 12.1 Å². The second-order valence-corrected chi connectivity index (χ2v) is 6.68. The van der Waals surface area contributed by atoms with Crippen LogP contribution in [0.2, 0.25) is 0 Å². The third kappa shape index (κ3) is 2.57. The third-order valence-electron chi connectivity index (χ3n) is 3.11. The summed E-state index contributed by atoms with van der Waals surface area (Å²) in [5.74, 6) is 0. The molecule has 1 aromatic carbocycles. The van der Waals surface area contributed by atoms with Crippen LogP contribution in [0.5, 0.6) is 0 Å². The Bertz CT molecular complexity index is 571. The standard InChI is InChI=1S/C13H18N2O2S/c1-10-3-5-15(6-4-10)18(16,17)13-8-11(2)7-12(14)9-13/h3,7-9H,4-6,14H2,1-2H3. The van der Waals surface area contributed by atoms with Crippen molar-refractivity contribution in [1.29, 1.82) is 0 Å². The van der Waals surface area contributed by atoms with Gasteiger partial charge in [-0.2, -0.15) is 4.31 Å². The Morgan fingerprint density at radius 2 is 1.94 bits per heavy atom. The van der Waals surface area contributed by atoms with Gasteiger partial charge in [-0.3, -0.25) is 0 Å². The lowest BCUT2D eigenvalue weighted by molar-refractivity contribution is 0.431. The molecule has 2 N–H and O–H groups in total. The summed E-state index contributed by atoms with van der Waals surface area (Å²) in [4.78, 5) is 0.285. The average molecular weight is 266 g/mol. The first kappa shape index (κ1) is 13.1. The summed E-state index contributed by atoms with van der Waals surface area (Å²) in [5, 5.41) is 0. The zero-order chi connectivity index (χ0) is 13.3. The molecule has 0 bridgehead atoms. The van der Waals surface area contributed by atoms with E-state index in [0.717, 1.165) is 12.0 Å². The molecule has 0 saturated heterocycles. The fraction of sp³-hybridized carbons (Fsp3) is 0.385. The maximum absolute atomic E-state index is 12.4. The molecule has 98 valence electrons.